The Bertz CT molecular complexity index is 663. The highest BCUT2D eigenvalue weighted by atomic mass is 32.1. The lowest BCUT2D eigenvalue weighted by Gasteiger charge is -2.31. The summed E-state index contributed by atoms with van der Waals surface area (Å²) in [7, 11) is 0. The van der Waals surface area contributed by atoms with Crippen LogP contribution in [0.4, 0.5) is 0 Å². The molecule has 20 heavy (non-hydrogen) atoms. The van der Waals surface area contributed by atoms with Gasteiger partial charge in [0.2, 0.25) is 0 Å². The number of aromatic hydroxyl groups is 2. The van der Waals surface area contributed by atoms with Crippen LogP contribution in [0, 0.1) is 5.41 Å². The standard InChI is InChI=1S/C15H17NO3S/c1-15(2)6-9-13(12(19)7-15)20-14(16-9)8-3-4-10(17)11(18)5-8/h3-5,12,17-19H,6-7H2,1-2H3. The molecule has 1 atom stereocenters. The van der Waals surface area contributed by atoms with Gasteiger partial charge in [0.25, 0.3) is 0 Å². The molecule has 0 aliphatic heterocycles. The average molecular weight is 291 g/mol. The lowest BCUT2D eigenvalue weighted by molar-refractivity contribution is 0.102. The summed E-state index contributed by atoms with van der Waals surface area (Å²) >= 11 is 1.46. The maximum absolute atomic E-state index is 10.2. The van der Waals surface area contributed by atoms with E-state index < -0.39 is 6.10 Å². The molecule has 4 nitrogen and oxygen atoms in total. The number of aromatic nitrogens is 1. The van der Waals surface area contributed by atoms with Gasteiger partial charge in [-0.2, -0.15) is 0 Å². The fourth-order valence-corrected chi connectivity index (χ4v) is 3.74. The zero-order valence-electron chi connectivity index (χ0n) is 11.4. The second-order valence-electron chi connectivity index (χ2n) is 6.09. The van der Waals surface area contributed by atoms with Crippen LogP contribution in [0.15, 0.2) is 18.2 Å². The van der Waals surface area contributed by atoms with E-state index in [9.17, 15) is 15.3 Å². The summed E-state index contributed by atoms with van der Waals surface area (Å²) in [6, 6.07) is 4.67. The van der Waals surface area contributed by atoms with Crippen molar-refractivity contribution in [1.29, 1.82) is 0 Å². The van der Waals surface area contributed by atoms with Crippen molar-refractivity contribution in [3.05, 3.63) is 28.8 Å². The highest BCUT2D eigenvalue weighted by Gasteiger charge is 2.34. The molecule has 1 aliphatic rings. The molecule has 0 saturated heterocycles. The van der Waals surface area contributed by atoms with Gasteiger partial charge in [0.15, 0.2) is 11.5 Å². The van der Waals surface area contributed by atoms with E-state index in [2.05, 4.69) is 18.8 Å². The minimum Gasteiger partial charge on any atom is -0.504 e. The third kappa shape index (κ3) is 2.27. The fourth-order valence-electron chi connectivity index (χ4n) is 2.67. The molecule has 1 aliphatic carbocycles. The number of fused-ring (bicyclic) bond motifs is 1. The summed E-state index contributed by atoms with van der Waals surface area (Å²) in [5, 5.41) is 29.9. The molecule has 2 aromatic rings. The molecule has 1 aromatic heterocycles. The first kappa shape index (κ1) is 13.4. The number of nitrogens with zero attached hydrogens (tertiary/aromatic N) is 1. The highest BCUT2D eigenvalue weighted by molar-refractivity contribution is 7.15. The molecule has 1 heterocycles. The van der Waals surface area contributed by atoms with E-state index in [4.69, 9.17) is 0 Å². The van der Waals surface area contributed by atoms with E-state index in [1.807, 2.05) is 0 Å². The SMILES string of the molecule is CC1(C)Cc2nc(-c3ccc(O)c(O)c3)sc2C(O)C1. The monoisotopic (exact) mass is 291 g/mol. The van der Waals surface area contributed by atoms with Gasteiger partial charge in [-0.3, -0.25) is 0 Å². The molecule has 0 bridgehead atoms. The number of phenolic OH excluding ortho intramolecular Hbond substituents is 2. The first-order chi connectivity index (χ1) is 9.35. The molecule has 0 fully saturated rings. The molecule has 0 saturated carbocycles. The number of aliphatic hydroxyl groups excluding tert-OH is 1. The van der Waals surface area contributed by atoms with Crippen LogP contribution in [-0.2, 0) is 6.42 Å². The normalized spacial score (nSPS) is 20.6. The smallest absolute Gasteiger partial charge is 0.158 e. The summed E-state index contributed by atoms with van der Waals surface area (Å²) in [5.74, 6) is -0.298. The minimum absolute atomic E-state index is 0.0505. The lowest BCUT2D eigenvalue weighted by atomic mass is 9.77. The maximum atomic E-state index is 10.2. The molecule has 0 radical (unpaired) electrons. The van der Waals surface area contributed by atoms with Crippen LogP contribution >= 0.6 is 11.3 Å². The van der Waals surface area contributed by atoms with Crippen LogP contribution in [0.1, 0.15) is 36.9 Å². The van der Waals surface area contributed by atoms with Gasteiger partial charge >= 0.3 is 0 Å². The number of rotatable bonds is 1. The molecule has 1 aromatic carbocycles. The lowest BCUT2D eigenvalue weighted by Crippen LogP contribution is -2.24. The molecule has 0 amide bonds. The summed E-state index contributed by atoms with van der Waals surface area (Å²) < 4.78 is 0. The van der Waals surface area contributed by atoms with Gasteiger partial charge in [-0.25, -0.2) is 4.98 Å². The van der Waals surface area contributed by atoms with E-state index in [1.165, 1.54) is 23.5 Å². The van der Waals surface area contributed by atoms with Crippen molar-refractivity contribution in [3.8, 4) is 22.1 Å². The van der Waals surface area contributed by atoms with Crippen molar-refractivity contribution in [2.75, 3.05) is 0 Å². The van der Waals surface area contributed by atoms with Crippen molar-refractivity contribution < 1.29 is 15.3 Å². The molecule has 3 rings (SSSR count). The van der Waals surface area contributed by atoms with Gasteiger partial charge in [-0.05, 0) is 36.5 Å². The van der Waals surface area contributed by atoms with Gasteiger partial charge in [-0.1, -0.05) is 13.8 Å². The number of hydrogen-bond donors (Lipinski definition) is 3. The second-order valence-corrected chi connectivity index (χ2v) is 7.13. The summed E-state index contributed by atoms with van der Waals surface area (Å²) in [6.07, 6.45) is 1.12. The Morgan fingerprint density at radius 1 is 1.25 bits per heavy atom. The Kier molecular flexibility index (Phi) is 2.99. The minimum atomic E-state index is -0.467. The molecule has 0 spiro atoms. The van der Waals surface area contributed by atoms with Gasteiger partial charge in [0.05, 0.1) is 16.7 Å². The van der Waals surface area contributed by atoms with Crippen molar-refractivity contribution in [3.63, 3.8) is 0 Å². The first-order valence-corrected chi connectivity index (χ1v) is 7.37. The third-order valence-electron chi connectivity index (χ3n) is 3.64. The Balaban J connectivity index is 2.03. The summed E-state index contributed by atoms with van der Waals surface area (Å²) in [5.41, 5.74) is 1.75. The quantitative estimate of drug-likeness (QED) is 0.705. The Hall–Kier alpha value is -1.59. The molecule has 5 heteroatoms. The second kappa shape index (κ2) is 4.46. The van der Waals surface area contributed by atoms with E-state index >= 15 is 0 Å². The van der Waals surface area contributed by atoms with Crippen LogP contribution < -0.4 is 0 Å². The summed E-state index contributed by atoms with van der Waals surface area (Å²) in [6.45, 7) is 4.26. The van der Waals surface area contributed by atoms with Crippen LogP contribution in [0.2, 0.25) is 0 Å². The summed E-state index contributed by atoms with van der Waals surface area (Å²) in [4.78, 5) is 5.53. The van der Waals surface area contributed by atoms with Crippen LogP contribution in [0.25, 0.3) is 10.6 Å². The van der Waals surface area contributed by atoms with Gasteiger partial charge < -0.3 is 15.3 Å². The van der Waals surface area contributed by atoms with Gasteiger partial charge in [-0.15, -0.1) is 11.3 Å². The van der Waals surface area contributed by atoms with Gasteiger partial charge in [0.1, 0.15) is 5.01 Å². The Labute approximate surface area is 121 Å². The van der Waals surface area contributed by atoms with E-state index in [0.717, 1.165) is 34.0 Å². The predicted molar refractivity (Wildman–Crippen MR) is 77.9 cm³/mol. The molecule has 106 valence electrons. The number of thiazole rings is 1. The van der Waals surface area contributed by atoms with Crippen molar-refractivity contribution >= 4 is 11.3 Å². The number of phenols is 2. The van der Waals surface area contributed by atoms with Crippen LogP contribution in [0.5, 0.6) is 11.5 Å². The van der Waals surface area contributed by atoms with Crippen molar-refractivity contribution in [2.45, 2.75) is 32.8 Å². The molecular formula is C15H17NO3S. The van der Waals surface area contributed by atoms with E-state index in [1.54, 1.807) is 6.07 Å². The number of aliphatic hydroxyl groups is 1. The van der Waals surface area contributed by atoms with Crippen molar-refractivity contribution in [1.82, 2.24) is 4.98 Å². The van der Waals surface area contributed by atoms with Crippen molar-refractivity contribution in [2.24, 2.45) is 5.41 Å². The highest BCUT2D eigenvalue weighted by Crippen LogP contribution is 2.45. The number of benzene rings is 1. The zero-order chi connectivity index (χ0) is 14.5. The van der Waals surface area contributed by atoms with Crippen LogP contribution in [0.3, 0.4) is 0 Å². The van der Waals surface area contributed by atoms with E-state index in [-0.39, 0.29) is 16.9 Å². The third-order valence-corrected chi connectivity index (χ3v) is 4.89. The predicted octanol–water partition coefficient (Wildman–Crippen LogP) is 3.23. The Morgan fingerprint density at radius 2 is 2.00 bits per heavy atom. The average Bonchev–Trinajstić information content (AvgIpc) is 2.75. The maximum Gasteiger partial charge on any atom is 0.158 e. The molecular weight excluding hydrogens is 274 g/mol. The fraction of sp³-hybridized carbons (Fsp3) is 0.400. The molecule has 3 N–H and O–H groups in total. The topological polar surface area (TPSA) is 73.6 Å². The zero-order valence-corrected chi connectivity index (χ0v) is 12.2. The number of hydrogen-bond acceptors (Lipinski definition) is 5. The van der Waals surface area contributed by atoms with Gasteiger partial charge in [0, 0.05) is 5.56 Å². The Morgan fingerprint density at radius 3 is 2.70 bits per heavy atom. The molecule has 1 unspecified atom stereocenters. The largest absolute Gasteiger partial charge is 0.504 e. The van der Waals surface area contributed by atoms with E-state index in [0.29, 0.717) is 0 Å². The van der Waals surface area contributed by atoms with Crippen LogP contribution in [-0.4, -0.2) is 20.3 Å². The first-order valence-electron chi connectivity index (χ1n) is 6.56.